The number of likely N-dealkylation sites (tertiary alicyclic amines) is 1. The molecule has 1 aliphatic carbocycles. The molecule has 0 radical (unpaired) electrons. The summed E-state index contributed by atoms with van der Waals surface area (Å²) in [5.41, 5.74) is 0. The van der Waals surface area contributed by atoms with Gasteiger partial charge in [0.05, 0.1) is 6.10 Å². The number of hydrogen-bond acceptors (Lipinski definition) is 3. The Morgan fingerprint density at radius 2 is 1.93 bits per heavy atom. The summed E-state index contributed by atoms with van der Waals surface area (Å²) in [5, 5.41) is 9.80. The average Bonchev–Trinajstić information content (AvgIpc) is 2.84. The monoisotopic (exact) mass is 212 g/mol. The maximum absolute atomic E-state index is 9.80. The van der Waals surface area contributed by atoms with E-state index in [0.717, 1.165) is 13.0 Å². The predicted octanol–water partition coefficient (Wildman–Crippen LogP) is 0.927. The van der Waals surface area contributed by atoms with Crippen molar-refractivity contribution in [2.75, 3.05) is 33.2 Å². The van der Waals surface area contributed by atoms with Gasteiger partial charge in [0.15, 0.2) is 0 Å². The van der Waals surface area contributed by atoms with Crippen molar-refractivity contribution < 1.29 is 5.11 Å². The van der Waals surface area contributed by atoms with Gasteiger partial charge in [0.1, 0.15) is 0 Å². The first-order valence-electron chi connectivity index (χ1n) is 6.38. The number of aliphatic hydroxyl groups is 1. The van der Waals surface area contributed by atoms with Crippen molar-refractivity contribution in [3.63, 3.8) is 0 Å². The molecule has 88 valence electrons. The van der Waals surface area contributed by atoms with E-state index in [0.29, 0.717) is 6.04 Å². The van der Waals surface area contributed by atoms with E-state index in [9.17, 15) is 5.11 Å². The van der Waals surface area contributed by atoms with Gasteiger partial charge in [-0.15, -0.1) is 0 Å². The molecule has 0 spiro atoms. The molecule has 1 saturated carbocycles. The smallest absolute Gasteiger partial charge is 0.0695 e. The van der Waals surface area contributed by atoms with E-state index in [4.69, 9.17) is 0 Å². The number of likely N-dealkylation sites (N-methyl/N-ethyl adjacent to an activating group) is 1. The van der Waals surface area contributed by atoms with Gasteiger partial charge in [-0.1, -0.05) is 0 Å². The molecule has 15 heavy (non-hydrogen) atoms. The molecule has 3 nitrogen and oxygen atoms in total. The lowest BCUT2D eigenvalue weighted by Gasteiger charge is -2.28. The highest BCUT2D eigenvalue weighted by Crippen LogP contribution is 2.23. The molecule has 0 aromatic rings. The maximum atomic E-state index is 9.80. The Bertz CT molecular complexity index is 192. The second-order valence-electron chi connectivity index (χ2n) is 5.09. The topological polar surface area (TPSA) is 26.7 Å². The molecule has 0 aromatic heterocycles. The Morgan fingerprint density at radius 1 is 1.20 bits per heavy atom. The minimum atomic E-state index is -0.0754. The van der Waals surface area contributed by atoms with Crippen molar-refractivity contribution >= 4 is 0 Å². The number of hydrogen-bond donors (Lipinski definition) is 1. The maximum Gasteiger partial charge on any atom is 0.0695 e. The molecule has 2 rings (SSSR count). The zero-order valence-corrected chi connectivity index (χ0v) is 9.86. The Hall–Kier alpha value is -0.120. The third-order valence-corrected chi connectivity index (χ3v) is 3.98. The van der Waals surface area contributed by atoms with Crippen molar-refractivity contribution in [1.82, 2.24) is 9.80 Å². The van der Waals surface area contributed by atoms with Gasteiger partial charge in [0.25, 0.3) is 0 Å². The minimum absolute atomic E-state index is 0.0754. The first-order chi connectivity index (χ1) is 7.27. The van der Waals surface area contributed by atoms with Crippen LogP contribution in [0.2, 0.25) is 0 Å². The highest BCUT2D eigenvalue weighted by Gasteiger charge is 2.28. The quantitative estimate of drug-likeness (QED) is 0.751. The van der Waals surface area contributed by atoms with E-state index in [2.05, 4.69) is 16.8 Å². The Morgan fingerprint density at radius 3 is 2.53 bits per heavy atom. The van der Waals surface area contributed by atoms with Gasteiger partial charge in [-0.2, -0.15) is 0 Å². The summed E-state index contributed by atoms with van der Waals surface area (Å²) in [6, 6.07) is 0.424. The van der Waals surface area contributed by atoms with Crippen molar-refractivity contribution in [2.45, 2.75) is 44.2 Å². The molecule has 0 amide bonds. The molecular weight excluding hydrogens is 188 g/mol. The molecule has 2 aliphatic rings. The first kappa shape index (κ1) is 11.4. The Balaban J connectivity index is 1.69. The highest BCUT2D eigenvalue weighted by molar-refractivity contribution is 4.84. The lowest BCUT2D eigenvalue weighted by molar-refractivity contribution is 0.0811. The zero-order chi connectivity index (χ0) is 10.7. The van der Waals surface area contributed by atoms with Crippen molar-refractivity contribution in [1.29, 1.82) is 0 Å². The Kier molecular flexibility index (Phi) is 4.00. The fourth-order valence-corrected chi connectivity index (χ4v) is 2.91. The van der Waals surface area contributed by atoms with Crippen LogP contribution in [0, 0.1) is 0 Å². The van der Waals surface area contributed by atoms with Crippen LogP contribution >= 0.6 is 0 Å². The molecule has 3 heteroatoms. The van der Waals surface area contributed by atoms with Crippen LogP contribution in [0.3, 0.4) is 0 Å². The SMILES string of the molecule is CN(CCN1CCCC1)[C@@H]1CCC[C@H]1O. The summed E-state index contributed by atoms with van der Waals surface area (Å²) >= 11 is 0. The van der Waals surface area contributed by atoms with Crippen LogP contribution in [-0.2, 0) is 0 Å². The lowest BCUT2D eigenvalue weighted by atomic mass is 10.2. The van der Waals surface area contributed by atoms with E-state index in [1.54, 1.807) is 0 Å². The second-order valence-corrected chi connectivity index (χ2v) is 5.09. The molecule has 2 fully saturated rings. The molecule has 1 heterocycles. The van der Waals surface area contributed by atoms with Crippen LogP contribution in [0.5, 0.6) is 0 Å². The van der Waals surface area contributed by atoms with E-state index in [-0.39, 0.29) is 6.10 Å². The average molecular weight is 212 g/mol. The highest BCUT2D eigenvalue weighted by atomic mass is 16.3. The van der Waals surface area contributed by atoms with Crippen LogP contribution in [0.1, 0.15) is 32.1 Å². The predicted molar refractivity (Wildman–Crippen MR) is 61.9 cm³/mol. The molecule has 2 atom stereocenters. The first-order valence-corrected chi connectivity index (χ1v) is 6.38. The molecule has 0 bridgehead atoms. The van der Waals surface area contributed by atoms with Gasteiger partial charge in [0, 0.05) is 19.1 Å². The van der Waals surface area contributed by atoms with Crippen molar-refractivity contribution in [3.05, 3.63) is 0 Å². The van der Waals surface area contributed by atoms with Gasteiger partial charge < -0.3 is 10.0 Å². The number of nitrogens with zero attached hydrogens (tertiary/aromatic N) is 2. The summed E-state index contributed by atoms with van der Waals surface area (Å²) in [5.74, 6) is 0. The molecule has 1 aliphatic heterocycles. The summed E-state index contributed by atoms with van der Waals surface area (Å²) < 4.78 is 0. The fourth-order valence-electron chi connectivity index (χ4n) is 2.91. The fraction of sp³-hybridized carbons (Fsp3) is 1.00. The van der Waals surface area contributed by atoms with Gasteiger partial charge in [-0.3, -0.25) is 4.90 Å². The molecule has 0 unspecified atom stereocenters. The molecular formula is C12H24N2O. The van der Waals surface area contributed by atoms with Crippen LogP contribution in [-0.4, -0.2) is 60.3 Å². The van der Waals surface area contributed by atoms with E-state index >= 15 is 0 Å². The Labute approximate surface area is 93.1 Å². The van der Waals surface area contributed by atoms with Crippen LogP contribution < -0.4 is 0 Å². The van der Waals surface area contributed by atoms with E-state index < -0.39 is 0 Å². The summed E-state index contributed by atoms with van der Waals surface area (Å²) in [7, 11) is 2.16. The van der Waals surface area contributed by atoms with Crippen LogP contribution in [0.25, 0.3) is 0 Å². The number of aliphatic hydroxyl groups excluding tert-OH is 1. The van der Waals surface area contributed by atoms with Crippen LogP contribution in [0.15, 0.2) is 0 Å². The molecule has 1 saturated heterocycles. The normalized spacial score (nSPS) is 33.0. The van der Waals surface area contributed by atoms with Gasteiger partial charge in [-0.05, 0) is 52.2 Å². The minimum Gasteiger partial charge on any atom is -0.391 e. The van der Waals surface area contributed by atoms with Gasteiger partial charge in [-0.25, -0.2) is 0 Å². The lowest BCUT2D eigenvalue weighted by Crippen LogP contribution is -2.41. The second kappa shape index (κ2) is 5.28. The summed E-state index contributed by atoms with van der Waals surface area (Å²) in [6.07, 6.45) is 6.04. The van der Waals surface area contributed by atoms with E-state index in [1.807, 2.05) is 0 Å². The third kappa shape index (κ3) is 2.92. The van der Waals surface area contributed by atoms with Gasteiger partial charge in [0.2, 0.25) is 0 Å². The van der Waals surface area contributed by atoms with Gasteiger partial charge >= 0.3 is 0 Å². The summed E-state index contributed by atoms with van der Waals surface area (Å²) in [6.45, 7) is 4.85. The summed E-state index contributed by atoms with van der Waals surface area (Å²) in [4.78, 5) is 4.90. The van der Waals surface area contributed by atoms with Crippen molar-refractivity contribution in [2.24, 2.45) is 0 Å². The largest absolute Gasteiger partial charge is 0.391 e. The standard InChI is InChI=1S/C12H24N2O/c1-13(11-5-4-6-12(11)15)9-10-14-7-2-3-8-14/h11-12,15H,2-10H2,1H3/t11-,12-/m1/s1. The molecule has 0 aromatic carbocycles. The third-order valence-electron chi connectivity index (χ3n) is 3.98. The molecule has 1 N–H and O–H groups in total. The van der Waals surface area contributed by atoms with Crippen molar-refractivity contribution in [3.8, 4) is 0 Å². The number of rotatable bonds is 4. The zero-order valence-electron chi connectivity index (χ0n) is 9.86. The van der Waals surface area contributed by atoms with Crippen LogP contribution in [0.4, 0.5) is 0 Å². The van der Waals surface area contributed by atoms with E-state index in [1.165, 1.54) is 45.3 Å².